The zero-order valence-electron chi connectivity index (χ0n) is 23.9. The SMILES string of the molecule is CC(NC(=O)C(NCCCc1ccccc1)C(C)C)C(=O)NN(CC(=O)O)C(=O)[C@H]1O[C@@H]1C(=O)OCc1ccccc1. The number of ether oxygens (including phenoxy) is 2. The van der Waals surface area contributed by atoms with Gasteiger partial charge in [0.15, 0.2) is 12.2 Å². The lowest BCUT2D eigenvalue weighted by Crippen LogP contribution is -2.58. The second-order valence-corrected chi connectivity index (χ2v) is 10.4. The number of hydrogen-bond acceptors (Lipinski definition) is 8. The molecule has 1 heterocycles. The van der Waals surface area contributed by atoms with Crippen molar-refractivity contribution in [3.63, 3.8) is 0 Å². The number of carbonyl (C=O) groups is 5. The molecule has 12 heteroatoms. The molecule has 3 rings (SSSR count). The number of benzene rings is 2. The van der Waals surface area contributed by atoms with Gasteiger partial charge in [0.2, 0.25) is 5.91 Å². The van der Waals surface area contributed by atoms with E-state index in [9.17, 15) is 29.1 Å². The fourth-order valence-electron chi connectivity index (χ4n) is 4.18. The third-order valence-electron chi connectivity index (χ3n) is 6.55. The lowest BCUT2D eigenvalue weighted by molar-refractivity contribution is -0.151. The van der Waals surface area contributed by atoms with E-state index >= 15 is 0 Å². The molecule has 226 valence electrons. The van der Waals surface area contributed by atoms with Crippen LogP contribution in [0, 0.1) is 5.92 Å². The van der Waals surface area contributed by atoms with Gasteiger partial charge in [0.25, 0.3) is 11.8 Å². The number of carboxylic acids is 1. The molecule has 1 fully saturated rings. The highest BCUT2D eigenvalue weighted by Gasteiger charge is 2.53. The summed E-state index contributed by atoms with van der Waals surface area (Å²) in [6.07, 6.45) is -0.857. The molecule has 42 heavy (non-hydrogen) atoms. The predicted octanol–water partition coefficient (Wildman–Crippen LogP) is 1.19. The second-order valence-electron chi connectivity index (χ2n) is 10.4. The van der Waals surface area contributed by atoms with Crippen molar-refractivity contribution in [2.45, 2.75) is 64.5 Å². The van der Waals surface area contributed by atoms with Crippen LogP contribution >= 0.6 is 0 Å². The lowest BCUT2D eigenvalue weighted by Gasteiger charge is -2.26. The van der Waals surface area contributed by atoms with Gasteiger partial charge in [-0.3, -0.25) is 24.6 Å². The molecule has 2 aromatic rings. The van der Waals surface area contributed by atoms with E-state index in [1.807, 2.05) is 50.2 Å². The van der Waals surface area contributed by atoms with Gasteiger partial charge in [-0.1, -0.05) is 74.5 Å². The first-order valence-electron chi connectivity index (χ1n) is 13.8. The maximum Gasteiger partial charge on any atom is 0.338 e. The van der Waals surface area contributed by atoms with Gasteiger partial charge in [-0.15, -0.1) is 0 Å². The summed E-state index contributed by atoms with van der Waals surface area (Å²) in [6.45, 7) is 4.86. The molecule has 1 aliphatic rings. The van der Waals surface area contributed by atoms with Crippen LogP contribution in [0.25, 0.3) is 0 Å². The molecule has 0 saturated carbocycles. The van der Waals surface area contributed by atoms with Crippen LogP contribution in [0.5, 0.6) is 0 Å². The van der Waals surface area contributed by atoms with E-state index in [0.717, 1.165) is 18.4 Å². The molecule has 1 saturated heterocycles. The number of rotatable bonds is 15. The van der Waals surface area contributed by atoms with E-state index in [2.05, 4.69) is 16.1 Å². The number of carboxylic acid groups (broad SMARTS) is 1. The Morgan fingerprint density at radius 2 is 1.52 bits per heavy atom. The Balaban J connectivity index is 1.49. The van der Waals surface area contributed by atoms with E-state index in [1.165, 1.54) is 12.5 Å². The minimum absolute atomic E-state index is 0.0213. The molecule has 0 spiro atoms. The number of hydrogen-bond donors (Lipinski definition) is 4. The predicted molar refractivity (Wildman–Crippen MR) is 151 cm³/mol. The molecule has 4 N–H and O–H groups in total. The minimum Gasteiger partial charge on any atom is -0.480 e. The summed E-state index contributed by atoms with van der Waals surface area (Å²) >= 11 is 0. The number of hydrazine groups is 1. The molecule has 1 aliphatic heterocycles. The zero-order valence-corrected chi connectivity index (χ0v) is 23.9. The van der Waals surface area contributed by atoms with Crippen LogP contribution in [-0.4, -0.2) is 77.2 Å². The van der Waals surface area contributed by atoms with Crippen molar-refractivity contribution in [1.29, 1.82) is 0 Å². The van der Waals surface area contributed by atoms with Crippen molar-refractivity contribution in [3.8, 4) is 0 Å². The van der Waals surface area contributed by atoms with Crippen LogP contribution in [0.1, 0.15) is 38.3 Å². The van der Waals surface area contributed by atoms with E-state index in [1.54, 1.807) is 24.3 Å². The average Bonchev–Trinajstić information content (AvgIpc) is 3.77. The number of nitrogens with zero attached hydrogens (tertiary/aromatic N) is 1. The van der Waals surface area contributed by atoms with Gasteiger partial charge >= 0.3 is 11.9 Å². The van der Waals surface area contributed by atoms with Crippen molar-refractivity contribution < 1.29 is 38.6 Å². The minimum atomic E-state index is -1.40. The summed E-state index contributed by atoms with van der Waals surface area (Å²) in [6, 6.07) is 17.2. The Labute approximate surface area is 244 Å². The second kappa shape index (κ2) is 15.6. The largest absolute Gasteiger partial charge is 0.480 e. The molecule has 3 amide bonds. The summed E-state index contributed by atoms with van der Waals surface area (Å²) in [5, 5.41) is 15.7. The molecule has 2 unspecified atom stereocenters. The topological polar surface area (TPSA) is 167 Å². The highest BCUT2D eigenvalue weighted by molar-refractivity contribution is 5.96. The Kier molecular flexibility index (Phi) is 12.0. The van der Waals surface area contributed by atoms with Crippen molar-refractivity contribution in [2.75, 3.05) is 13.1 Å². The summed E-state index contributed by atoms with van der Waals surface area (Å²) in [5.41, 5.74) is 4.17. The van der Waals surface area contributed by atoms with Crippen molar-refractivity contribution in [3.05, 3.63) is 71.8 Å². The Morgan fingerprint density at radius 3 is 2.12 bits per heavy atom. The third-order valence-corrected chi connectivity index (χ3v) is 6.55. The Bertz CT molecular complexity index is 1220. The van der Waals surface area contributed by atoms with Crippen molar-refractivity contribution >= 4 is 29.7 Å². The first-order valence-corrected chi connectivity index (χ1v) is 13.8. The summed E-state index contributed by atoms with van der Waals surface area (Å²) in [7, 11) is 0. The summed E-state index contributed by atoms with van der Waals surface area (Å²) in [5.74, 6) is -4.40. The quantitative estimate of drug-likeness (QED) is 0.104. The number of aliphatic carboxylic acids is 1. The summed E-state index contributed by atoms with van der Waals surface area (Å²) in [4.78, 5) is 62.4. The highest BCUT2D eigenvalue weighted by atomic mass is 16.6. The molecule has 0 aliphatic carbocycles. The number of amides is 3. The van der Waals surface area contributed by atoms with Gasteiger partial charge in [0.1, 0.15) is 19.2 Å². The maximum atomic E-state index is 13.0. The highest BCUT2D eigenvalue weighted by Crippen LogP contribution is 2.25. The first-order chi connectivity index (χ1) is 20.1. The standard InChI is InChI=1S/C30H38N4O8/c1-19(2)24(31-16-10-15-21-11-6-4-7-12-21)28(38)32-20(3)27(37)33-34(17-23(35)36)29(39)25-26(42-25)30(40)41-18-22-13-8-5-9-14-22/h4-9,11-14,19-20,24-26,31H,10,15-18H2,1-3H3,(H,32,38)(H,33,37)(H,35,36)/t20?,24?,25-,26-/m0/s1. The Morgan fingerprint density at radius 1 is 0.905 bits per heavy atom. The van der Waals surface area contributed by atoms with Gasteiger partial charge in [0, 0.05) is 0 Å². The number of carbonyl (C=O) groups excluding carboxylic acids is 4. The lowest BCUT2D eigenvalue weighted by atomic mass is 10.0. The maximum absolute atomic E-state index is 13.0. The van der Waals surface area contributed by atoms with E-state index in [0.29, 0.717) is 11.6 Å². The number of aryl methyl sites for hydroxylation is 1. The molecule has 2 aromatic carbocycles. The van der Waals surface area contributed by atoms with Crippen molar-refractivity contribution in [1.82, 2.24) is 21.1 Å². The van der Waals surface area contributed by atoms with Crippen LogP contribution in [0.15, 0.2) is 60.7 Å². The van der Waals surface area contributed by atoms with Gasteiger partial charge in [-0.2, -0.15) is 0 Å². The van der Waals surface area contributed by atoms with Gasteiger partial charge in [-0.05, 0) is 43.4 Å². The zero-order chi connectivity index (χ0) is 30.6. The van der Waals surface area contributed by atoms with Crippen LogP contribution in [-0.2, 0) is 46.5 Å². The molecule has 0 radical (unpaired) electrons. The fraction of sp³-hybridized carbons (Fsp3) is 0.433. The molecule has 12 nitrogen and oxygen atoms in total. The van der Waals surface area contributed by atoms with E-state index < -0.39 is 60.5 Å². The van der Waals surface area contributed by atoms with Crippen LogP contribution in [0.3, 0.4) is 0 Å². The Hall–Kier alpha value is -4.29. The van der Waals surface area contributed by atoms with Gasteiger partial charge in [-0.25, -0.2) is 9.80 Å². The summed E-state index contributed by atoms with van der Waals surface area (Å²) < 4.78 is 10.3. The molecular formula is C30H38N4O8. The van der Waals surface area contributed by atoms with Crippen molar-refractivity contribution in [2.24, 2.45) is 5.92 Å². The molecule has 4 atom stereocenters. The smallest absolute Gasteiger partial charge is 0.338 e. The number of esters is 1. The monoisotopic (exact) mass is 582 g/mol. The van der Waals surface area contributed by atoms with Crippen LogP contribution in [0.4, 0.5) is 0 Å². The number of epoxide rings is 1. The molecular weight excluding hydrogens is 544 g/mol. The van der Waals surface area contributed by atoms with Gasteiger partial charge < -0.3 is 25.2 Å². The van der Waals surface area contributed by atoms with E-state index in [4.69, 9.17) is 9.47 Å². The third kappa shape index (κ3) is 9.96. The first kappa shape index (κ1) is 32.2. The molecule has 0 aromatic heterocycles. The van der Waals surface area contributed by atoms with Crippen LogP contribution < -0.4 is 16.1 Å². The van der Waals surface area contributed by atoms with Crippen LogP contribution in [0.2, 0.25) is 0 Å². The normalized spacial score (nSPS) is 17.0. The fourth-order valence-corrected chi connectivity index (χ4v) is 4.18. The van der Waals surface area contributed by atoms with E-state index in [-0.39, 0.29) is 12.5 Å². The molecule has 0 bridgehead atoms. The van der Waals surface area contributed by atoms with Gasteiger partial charge in [0.05, 0.1) is 6.04 Å². The average molecular weight is 583 g/mol. The number of nitrogens with one attached hydrogen (secondary N) is 3.